The van der Waals surface area contributed by atoms with E-state index in [2.05, 4.69) is 35.4 Å². The van der Waals surface area contributed by atoms with Crippen LogP contribution in [0.1, 0.15) is 12.5 Å². The minimum Gasteiger partial charge on any atom is -0.355 e. The van der Waals surface area contributed by atoms with Crippen LogP contribution in [0.4, 0.5) is 11.4 Å². The molecule has 2 heteroatoms. The molecule has 0 aliphatic rings. The van der Waals surface area contributed by atoms with Crippen molar-refractivity contribution in [2.75, 3.05) is 5.32 Å². The number of pyridine rings is 1. The topological polar surface area (TPSA) is 24.9 Å². The molecule has 0 radical (unpaired) electrons. The Kier molecular flexibility index (Phi) is 2.98. The Morgan fingerprint density at radius 1 is 1.07 bits per heavy atom. The van der Waals surface area contributed by atoms with Gasteiger partial charge in [-0.3, -0.25) is 4.98 Å². The van der Waals surface area contributed by atoms with Crippen LogP contribution < -0.4 is 5.32 Å². The quantitative estimate of drug-likeness (QED) is 0.817. The Morgan fingerprint density at radius 2 is 1.80 bits per heavy atom. The molecule has 0 aliphatic heterocycles. The molecule has 1 heterocycles. The third-order valence-corrected chi connectivity index (χ3v) is 2.36. The molecule has 0 bridgehead atoms. The Morgan fingerprint density at radius 3 is 2.53 bits per heavy atom. The number of nitrogens with zero attached hydrogens (tertiary/aromatic N) is 1. The summed E-state index contributed by atoms with van der Waals surface area (Å²) in [5.74, 6) is 0. The van der Waals surface area contributed by atoms with Crippen LogP contribution in [0.3, 0.4) is 0 Å². The number of nitrogens with one attached hydrogen (secondary N) is 1. The number of hydrogen-bond acceptors (Lipinski definition) is 2. The Balaban J connectivity index is 2.24. The Bertz CT molecular complexity index is 424. The highest BCUT2D eigenvalue weighted by Crippen LogP contribution is 2.20. The van der Waals surface area contributed by atoms with E-state index in [1.165, 1.54) is 11.3 Å². The van der Waals surface area contributed by atoms with E-state index in [-0.39, 0.29) is 0 Å². The SMILES string of the molecule is CCc1ccccc1Nc1ccncc1. The summed E-state index contributed by atoms with van der Waals surface area (Å²) in [7, 11) is 0. The van der Waals surface area contributed by atoms with Crippen molar-refractivity contribution in [3.63, 3.8) is 0 Å². The van der Waals surface area contributed by atoms with Gasteiger partial charge in [-0.15, -0.1) is 0 Å². The number of aromatic nitrogens is 1. The number of benzene rings is 1. The van der Waals surface area contributed by atoms with Gasteiger partial charge >= 0.3 is 0 Å². The molecule has 1 N–H and O–H groups in total. The van der Waals surface area contributed by atoms with E-state index in [1.54, 1.807) is 12.4 Å². The summed E-state index contributed by atoms with van der Waals surface area (Å²) in [6, 6.07) is 12.3. The second-order valence-electron chi connectivity index (χ2n) is 3.37. The molecule has 1 aromatic carbocycles. The summed E-state index contributed by atoms with van der Waals surface area (Å²) in [6.07, 6.45) is 4.61. The van der Waals surface area contributed by atoms with Crippen molar-refractivity contribution in [3.05, 3.63) is 54.4 Å². The highest BCUT2D eigenvalue weighted by molar-refractivity contribution is 5.62. The Labute approximate surface area is 90.0 Å². The molecule has 2 aromatic rings. The molecule has 0 atom stereocenters. The molecule has 0 fully saturated rings. The molecular weight excluding hydrogens is 184 g/mol. The first-order valence-electron chi connectivity index (χ1n) is 5.15. The van der Waals surface area contributed by atoms with E-state index in [1.807, 2.05) is 18.2 Å². The third-order valence-electron chi connectivity index (χ3n) is 2.36. The third kappa shape index (κ3) is 2.34. The number of hydrogen-bond donors (Lipinski definition) is 1. The maximum atomic E-state index is 3.99. The first kappa shape index (κ1) is 9.71. The summed E-state index contributed by atoms with van der Waals surface area (Å²) >= 11 is 0. The summed E-state index contributed by atoms with van der Waals surface area (Å²) in [4.78, 5) is 3.99. The lowest BCUT2D eigenvalue weighted by Gasteiger charge is -2.10. The van der Waals surface area contributed by atoms with Crippen LogP contribution >= 0.6 is 0 Å². The fraction of sp³-hybridized carbons (Fsp3) is 0.154. The van der Waals surface area contributed by atoms with Gasteiger partial charge in [0.05, 0.1) is 0 Å². The largest absolute Gasteiger partial charge is 0.355 e. The van der Waals surface area contributed by atoms with Gasteiger partial charge < -0.3 is 5.32 Å². The maximum Gasteiger partial charge on any atom is 0.0416 e. The lowest BCUT2D eigenvalue weighted by atomic mass is 10.1. The minimum atomic E-state index is 1.04. The molecule has 0 spiro atoms. The fourth-order valence-electron chi connectivity index (χ4n) is 1.54. The average molecular weight is 198 g/mol. The monoisotopic (exact) mass is 198 g/mol. The van der Waals surface area contributed by atoms with Crippen molar-refractivity contribution in [2.24, 2.45) is 0 Å². The van der Waals surface area contributed by atoms with Gasteiger partial charge in [-0.2, -0.15) is 0 Å². The van der Waals surface area contributed by atoms with Gasteiger partial charge in [-0.1, -0.05) is 25.1 Å². The number of rotatable bonds is 3. The van der Waals surface area contributed by atoms with Crippen molar-refractivity contribution < 1.29 is 0 Å². The van der Waals surface area contributed by atoms with E-state index in [0.29, 0.717) is 0 Å². The van der Waals surface area contributed by atoms with Gasteiger partial charge in [-0.05, 0) is 30.2 Å². The van der Waals surface area contributed by atoms with Gasteiger partial charge in [0.25, 0.3) is 0 Å². The summed E-state index contributed by atoms with van der Waals surface area (Å²) in [5, 5.41) is 3.38. The van der Waals surface area contributed by atoms with Gasteiger partial charge in [0.2, 0.25) is 0 Å². The molecule has 15 heavy (non-hydrogen) atoms. The minimum absolute atomic E-state index is 1.04. The first-order valence-corrected chi connectivity index (χ1v) is 5.15. The second-order valence-corrected chi connectivity index (χ2v) is 3.37. The van der Waals surface area contributed by atoms with Gasteiger partial charge in [-0.25, -0.2) is 0 Å². The van der Waals surface area contributed by atoms with Crippen LogP contribution in [0.25, 0.3) is 0 Å². The van der Waals surface area contributed by atoms with Crippen molar-refractivity contribution in [3.8, 4) is 0 Å². The smallest absolute Gasteiger partial charge is 0.0416 e. The van der Waals surface area contributed by atoms with Gasteiger partial charge in [0, 0.05) is 23.8 Å². The van der Waals surface area contributed by atoms with Crippen LogP contribution in [0.2, 0.25) is 0 Å². The van der Waals surface area contributed by atoms with Crippen LogP contribution in [-0.4, -0.2) is 4.98 Å². The highest BCUT2D eigenvalue weighted by atomic mass is 14.9. The van der Waals surface area contributed by atoms with Gasteiger partial charge in [0.1, 0.15) is 0 Å². The number of para-hydroxylation sites is 1. The number of anilines is 2. The molecule has 0 saturated carbocycles. The van der Waals surface area contributed by atoms with Crippen molar-refractivity contribution in [1.82, 2.24) is 4.98 Å². The van der Waals surface area contributed by atoms with E-state index in [9.17, 15) is 0 Å². The predicted octanol–water partition coefficient (Wildman–Crippen LogP) is 3.39. The zero-order valence-corrected chi connectivity index (χ0v) is 8.77. The lowest BCUT2D eigenvalue weighted by Crippen LogP contribution is -1.94. The summed E-state index contributed by atoms with van der Waals surface area (Å²) < 4.78 is 0. The summed E-state index contributed by atoms with van der Waals surface area (Å²) in [6.45, 7) is 2.16. The molecule has 76 valence electrons. The fourth-order valence-corrected chi connectivity index (χ4v) is 1.54. The van der Waals surface area contributed by atoms with Crippen molar-refractivity contribution in [1.29, 1.82) is 0 Å². The van der Waals surface area contributed by atoms with Gasteiger partial charge in [0.15, 0.2) is 0 Å². The molecule has 2 rings (SSSR count). The lowest BCUT2D eigenvalue weighted by molar-refractivity contribution is 1.14. The number of aryl methyl sites for hydroxylation is 1. The second kappa shape index (κ2) is 4.60. The first-order chi connectivity index (χ1) is 7.40. The highest BCUT2D eigenvalue weighted by Gasteiger charge is 1.98. The van der Waals surface area contributed by atoms with Crippen LogP contribution in [0, 0.1) is 0 Å². The normalized spacial score (nSPS) is 9.93. The van der Waals surface area contributed by atoms with Crippen molar-refractivity contribution >= 4 is 11.4 Å². The zero-order valence-electron chi connectivity index (χ0n) is 8.77. The Hall–Kier alpha value is -1.83. The van der Waals surface area contributed by atoms with E-state index < -0.39 is 0 Å². The molecule has 2 nitrogen and oxygen atoms in total. The van der Waals surface area contributed by atoms with E-state index >= 15 is 0 Å². The average Bonchev–Trinajstić information content (AvgIpc) is 2.31. The van der Waals surface area contributed by atoms with Crippen molar-refractivity contribution in [2.45, 2.75) is 13.3 Å². The zero-order chi connectivity index (χ0) is 10.5. The molecule has 0 amide bonds. The molecule has 0 unspecified atom stereocenters. The van der Waals surface area contributed by atoms with Crippen LogP contribution in [0.5, 0.6) is 0 Å². The standard InChI is InChI=1S/C13H14N2/c1-2-11-5-3-4-6-13(11)15-12-7-9-14-10-8-12/h3-10H,2H2,1H3,(H,14,15). The van der Waals surface area contributed by atoms with E-state index in [0.717, 1.165) is 12.1 Å². The summed E-state index contributed by atoms with van der Waals surface area (Å²) in [5.41, 5.74) is 3.58. The molecule has 0 saturated heterocycles. The molecule has 0 aliphatic carbocycles. The maximum absolute atomic E-state index is 3.99. The van der Waals surface area contributed by atoms with Crippen LogP contribution in [-0.2, 0) is 6.42 Å². The molecular formula is C13H14N2. The predicted molar refractivity (Wildman–Crippen MR) is 63.3 cm³/mol. The van der Waals surface area contributed by atoms with Crippen LogP contribution in [0.15, 0.2) is 48.8 Å². The molecule has 1 aromatic heterocycles. The van der Waals surface area contributed by atoms with E-state index in [4.69, 9.17) is 0 Å².